The highest BCUT2D eigenvalue weighted by Crippen LogP contribution is 2.33. The molecule has 25 heavy (non-hydrogen) atoms. The Labute approximate surface area is 143 Å². The van der Waals surface area contributed by atoms with Gasteiger partial charge in [-0.15, -0.1) is 0 Å². The Hall–Kier alpha value is -3.09. The molecular weight excluding hydrogens is 323 g/mol. The van der Waals surface area contributed by atoms with Crippen molar-refractivity contribution >= 4 is 11.6 Å². The molecule has 1 aromatic carbocycles. The van der Waals surface area contributed by atoms with Crippen molar-refractivity contribution < 1.29 is 13.7 Å². The molecule has 7 heteroatoms. The van der Waals surface area contributed by atoms with Crippen LogP contribution in [0.4, 0.5) is 10.1 Å². The third-order valence-corrected chi connectivity index (χ3v) is 4.21. The van der Waals surface area contributed by atoms with Crippen molar-refractivity contribution in [2.75, 3.05) is 11.4 Å². The van der Waals surface area contributed by atoms with E-state index in [-0.39, 0.29) is 18.2 Å². The number of aromatic nitrogens is 3. The van der Waals surface area contributed by atoms with Crippen LogP contribution in [0.1, 0.15) is 23.7 Å². The molecule has 0 radical (unpaired) electrons. The van der Waals surface area contributed by atoms with Crippen LogP contribution >= 0.6 is 0 Å². The van der Waals surface area contributed by atoms with Gasteiger partial charge >= 0.3 is 0 Å². The first-order chi connectivity index (χ1) is 12.1. The zero-order valence-corrected chi connectivity index (χ0v) is 13.5. The minimum absolute atomic E-state index is 0.154. The molecule has 3 heterocycles. The molecule has 0 bridgehead atoms. The second-order valence-electron chi connectivity index (χ2n) is 6.03. The molecule has 3 aromatic rings. The van der Waals surface area contributed by atoms with E-state index >= 15 is 0 Å². The van der Waals surface area contributed by atoms with Crippen molar-refractivity contribution in [1.29, 1.82) is 0 Å². The van der Waals surface area contributed by atoms with Gasteiger partial charge in [-0.3, -0.25) is 9.78 Å². The molecule has 0 N–H and O–H groups in total. The van der Waals surface area contributed by atoms with E-state index in [1.165, 1.54) is 11.0 Å². The Morgan fingerprint density at radius 3 is 2.96 bits per heavy atom. The number of carbonyl (C=O) groups excluding carboxylic acids is 1. The predicted octanol–water partition coefficient (Wildman–Crippen LogP) is 3.10. The fourth-order valence-corrected chi connectivity index (χ4v) is 2.94. The van der Waals surface area contributed by atoms with E-state index in [4.69, 9.17) is 4.52 Å². The molecule has 1 saturated heterocycles. The molecular formula is C18H15FN4O2. The summed E-state index contributed by atoms with van der Waals surface area (Å²) in [7, 11) is 0. The number of benzene rings is 1. The number of amides is 1. The van der Waals surface area contributed by atoms with Crippen LogP contribution in [0.25, 0.3) is 11.6 Å². The van der Waals surface area contributed by atoms with Crippen LogP contribution in [0.5, 0.6) is 0 Å². The maximum absolute atomic E-state index is 14.1. The van der Waals surface area contributed by atoms with Crippen molar-refractivity contribution in [2.24, 2.45) is 0 Å². The highest BCUT2D eigenvalue weighted by molar-refractivity contribution is 5.96. The first kappa shape index (κ1) is 15.4. The predicted molar refractivity (Wildman–Crippen MR) is 88.4 cm³/mol. The summed E-state index contributed by atoms with van der Waals surface area (Å²) in [5, 5.41) is 3.98. The summed E-state index contributed by atoms with van der Waals surface area (Å²) < 4.78 is 19.4. The number of hydrogen-bond acceptors (Lipinski definition) is 5. The van der Waals surface area contributed by atoms with Gasteiger partial charge in [-0.05, 0) is 36.8 Å². The van der Waals surface area contributed by atoms with Gasteiger partial charge in [0.1, 0.15) is 11.5 Å². The van der Waals surface area contributed by atoms with Gasteiger partial charge in [0, 0.05) is 25.1 Å². The molecule has 1 unspecified atom stereocenters. The summed E-state index contributed by atoms with van der Waals surface area (Å²) in [5.74, 6) is -0.0676. The second kappa shape index (κ2) is 6.08. The third-order valence-electron chi connectivity index (χ3n) is 4.21. The van der Waals surface area contributed by atoms with Gasteiger partial charge in [0.15, 0.2) is 5.82 Å². The molecule has 1 aliphatic rings. The molecule has 1 amide bonds. The van der Waals surface area contributed by atoms with E-state index in [1.54, 1.807) is 30.5 Å². The average molecular weight is 338 g/mol. The maximum atomic E-state index is 14.1. The van der Waals surface area contributed by atoms with Crippen molar-refractivity contribution in [3.63, 3.8) is 0 Å². The first-order valence-corrected chi connectivity index (χ1v) is 7.93. The topological polar surface area (TPSA) is 72.1 Å². The number of halogens is 1. The summed E-state index contributed by atoms with van der Waals surface area (Å²) in [5.41, 5.74) is 1.76. The lowest BCUT2D eigenvalue weighted by Gasteiger charge is -2.17. The van der Waals surface area contributed by atoms with Crippen LogP contribution in [-0.2, 0) is 4.79 Å². The summed E-state index contributed by atoms with van der Waals surface area (Å²) in [6, 6.07) is 10.1. The van der Waals surface area contributed by atoms with Crippen molar-refractivity contribution in [1.82, 2.24) is 15.1 Å². The molecule has 126 valence electrons. The van der Waals surface area contributed by atoms with E-state index in [2.05, 4.69) is 15.1 Å². The van der Waals surface area contributed by atoms with E-state index in [0.717, 1.165) is 5.56 Å². The van der Waals surface area contributed by atoms with Gasteiger partial charge in [0.25, 0.3) is 5.89 Å². The lowest BCUT2D eigenvalue weighted by atomic mass is 10.1. The molecule has 0 saturated carbocycles. The summed E-state index contributed by atoms with van der Waals surface area (Å²) in [4.78, 5) is 22.3. The van der Waals surface area contributed by atoms with Gasteiger partial charge in [-0.25, -0.2) is 4.39 Å². The quantitative estimate of drug-likeness (QED) is 0.734. The molecule has 1 aliphatic heterocycles. The molecule has 0 aliphatic carbocycles. The summed E-state index contributed by atoms with van der Waals surface area (Å²) in [6.45, 7) is 2.18. The Morgan fingerprint density at radius 2 is 2.16 bits per heavy atom. The SMILES string of the molecule is Cc1ccc(F)c(N2CC(c3noc(-c4ccccn4)n3)CC2=O)c1. The monoisotopic (exact) mass is 338 g/mol. The van der Waals surface area contributed by atoms with Crippen LogP contribution < -0.4 is 4.90 Å². The van der Waals surface area contributed by atoms with E-state index in [1.807, 2.05) is 13.0 Å². The minimum Gasteiger partial charge on any atom is -0.332 e. The summed E-state index contributed by atoms with van der Waals surface area (Å²) >= 11 is 0. The second-order valence-corrected chi connectivity index (χ2v) is 6.03. The molecule has 0 spiro atoms. The van der Waals surface area contributed by atoms with Crippen LogP contribution in [0.3, 0.4) is 0 Å². The fraction of sp³-hybridized carbons (Fsp3) is 0.222. The number of aryl methyl sites for hydroxylation is 1. The lowest BCUT2D eigenvalue weighted by molar-refractivity contribution is -0.117. The maximum Gasteiger partial charge on any atom is 0.276 e. The zero-order valence-electron chi connectivity index (χ0n) is 13.5. The van der Waals surface area contributed by atoms with E-state index in [0.29, 0.717) is 29.6 Å². The summed E-state index contributed by atoms with van der Waals surface area (Å²) in [6.07, 6.45) is 1.86. The Bertz CT molecular complexity index is 926. The number of anilines is 1. The van der Waals surface area contributed by atoms with Crippen molar-refractivity contribution in [2.45, 2.75) is 19.3 Å². The number of pyridine rings is 1. The molecule has 2 aromatic heterocycles. The average Bonchev–Trinajstić information content (AvgIpc) is 3.25. The van der Waals surface area contributed by atoms with Gasteiger partial charge < -0.3 is 9.42 Å². The van der Waals surface area contributed by atoms with E-state index < -0.39 is 5.82 Å². The van der Waals surface area contributed by atoms with Crippen LogP contribution in [0.2, 0.25) is 0 Å². The molecule has 1 atom stereocenters. The Balaban J connectivity index is 1.59. The Morgan fingerprint density at radius 1 is 1.28 bits per heavy atom. The minimum atomic E-state index is -0.415. The largest absolute Gasteiger partial charge is 0.332 e. The normalized spacial score (nSPS) is 17.3. The molecule has 6 nitrogen and oxygen atoms in total. The van der Waals surface area contributed by atoms with Crippen LogP contribution in [0, 0.1) is 12.7 Å². The first-order valence-electron chi connectivity index (χ1n) is 7.93. The highest BCUT2D eigenvalue weighted by Gasteiger charge is 2.35. The molecule has 1 fully saturated rings. The van der Waals surface area contributed by atoms with Gasteiger partial charge in [0.2, 0.25) is 5.91 Å². The number of rotatable bonds is 3. The van der Waals surface area contributed by atoms with Gasteiger partial charge in [-0.1, -0.05) is 17.3 Å². The third kappa shape index (κ3) is 2.88. The van der Waals surface area contributed by atoms with Crippen LogP contribution in [0.15, 0.2) is 47.1 Å². The van der Waals surface area contributed by atoms with Gasteiger partial charge in [-0.2, -0.15) is 4.98 Å². The van der Waals surface area contributed by atoms with Gasteiger partial charge in [0.05, 0.1) is 5.69 Å². The highest BCUT2D eigenvalue weighted by atomic mass is 19.1. The Kier molecular flexibility index (Phi) is 3.76. The number of nitrogens with zero attached hydrogens (tertiary/aromatic N) is 4. The lowest BCUT2D eigenvalue weighted by Crippen LogP contribution is -2.25. The van der Waals surface area contributed by atoms with Crippen molar-refractivity contribution in [3.8, 4) is 11.6 Å². The molecule has 4 rings (SSSR count). The standard InChI is InChI=1S/C18H15FN4O2/c1-11-5-6-13(19)15(8-11)23-10-12(9-16(23)24)17-21-18(25-22-17)14-4-2-3-7-20-14/h2-8,12H,9-10H2,1H3. The smallest absolute Gasteiger partial charge is 0.276 e. The fourth-order valence-electron chi connectivity index (χ4n) is 2.94. The zero-order chi connectivity index (χ0) is 17.4. The van der Waals surface area contributed by atoms with Crippen molar-refractivity contribution in [3.05, 3.63) is 59.8 Å². The van der Waals surface area contributed by atoms with Crippen LogP contribution in [-0.4, -0.2) is 27.6 Å². The van der Waals surface area contributed by atoms with E-state index in [9.17, 15) is 9.18 Å². The number of carbonyl (C=O) groups is 1. The number of hydrogen-bond donors (Lipinski definition) is 0.